The van der Waals surface area contributed by atoms with Crippen LogP contribution in [0.15, 0.2) is 36.5 Å². The lowest BCUT2D eigenvalue weighted by Gasteiger charge is -2.23. The fourth-order valence-corrected chi connectivity index (χ4v) is 2.49. The van der Waals surface area contributed by atoms with Crippen molar-refractivity contribution in [1.29, 1.82) is 0 Å². The van der Waals surface area contributed by atoms with Crippen LogP contribution >= 0.6 is 0 Å². The van der Waals surface area contributed by atoms with Gasteiger partial charge in [0.1, 0.15) is 11.4 Å². The van der Waals surface area contributed by atoms with Gasteiger partial charge in [0.2, 0.25) is 6.29 Å². The summed E-state index contributed by atoms with van der Waals surface area (Å²) >= 11 is 0. The van der Waals surface area contributed by atoms with Crippen LogP contribution in [0.4, 0.5) is 0 Å². The van der Waals surface area contributed by atoms with Crippen molar-refractivity contribution >= 4 is 11.6 Å². The zero-order valence-electron chi connectivity index (χ0n) is 13.6. The predicted molar refractivity (Wildman–Crippen MR) is 87.3 cm³/mol. The first-order valence-electron chi connectivity index (χ1n) is 7.75. The van der Waals surface area contributed by atoms with E-state index in [9.17, 15) is 14.7 Å². The van der Waals surface area contributed by atoms with E-state index in [1.54, 1.807) is 24.3 Å². The fraction of sp³-hybridized carbons (Fsp3) is 0.278. The van der Waals surface area contributed by atoms with Gasteiger partial charge in [-0.05, 0) is 30.3 Å². The third kappa shape index (κ3) is 3.77. The molecule has 2 heterocycles. The van der Waals surface area contributed by atoms with Crippen LogP contribution in [0, 0.1) is 0 Å². The van der Waals surface area contributed by atoms with E-state index in [1.807, 2.05) is 0 Å². The lowest BCUT2D eigenvalue weighted by molar-refractivity contribution is -0.0670. The molecule has 1 aromatic carbocycles. The number of methoxy groups -OCH3 is 1. The number of carbonyl (C=O) groups excluding carboxylic acids is 2. The van der Waals surface area contributed by atoms with E-state index in [-0.39, 0.29) is 36.7 Å². The quantitative estimate of drug-likeness (QED) is 0.802. The number of pyridine rings is 1. The Hall–Kier alpha value is -2.93. The van der Waals surface area contributed by atoms with Gasteiger partial charge in [-0.3, -0.25) is 9.59 Å². The molecule has 1 atom stereocenters. The molecular weight excluding hydrogens is 326 g/mol. The third-order valence-electron chi connectivity index (χ3n) is 3.74. The molecule has 0 spiro atoms. The number of ether oxygens (including phenoxy) is 3. The zero-order chi connectivity index (χ0) is 17.8. The number of aliphatic hydroxyl groups is 1. The summed E-state index contributed by atoms with van der Waals surface area (Å²) in [5.41, 5.74) is 0.598. The van der Waals surface area contributed by atoms with E-state index in [0.717, 1.165) is 0 Å². The molecule has 0 fully saturated rings. The number of ketones is 2. The van der Waals surface area contributed by atoms with Crippen molar-refractivity contribution in [2.45, 2.75) is 19.1 Å². The molecule has 1 N–H and O–H groups in total. The summed E-state index contributed by atoms with van der Waals surface area (Å²) in [6.45, 7) is 0.0424. The topological polar surface area (TPSA) is 95.0 Å². The van der Waals surface area contributed by atoms with Crippen LogP contribution in [0.25, 0.3) is 0 Å². The first-order valence-corrected chi connectivity index (χ1v) is 7.75. The number of fused-ring (bicyclic) bond motifs is 1. The Morgan fingerprint density at radius 1 is 1.24 bits per heavy atom. The number of carbonyl (C=O) groups is 2. The highest BCUT2D eigenvalue weighted by molar-refractivity contribution is 6.02. The minimum Gasteiger partial charge on any atom is -0.494 e. The highest BCUT2D eigenvalue weighted by Gasteiger charge is 2.21. The minimum absolute atomic E-state index is 0.0171. The van der Waals surface area contributed by atoms with Crippen LogP contribution in [0.5, 0.6) is 17.2 Å². The molecule has 3 rings (SSSR count). The Morgan fingerprint density at radius 2 is 2.04 bits per heavy atom. The SMILES string of the molecule is COc1cccnc1C(=O)CCC(=O)c1ccc2c(c1)OC(O)CO2. The molecule has 0 saturated heterocycles. The second-order valence-electron chi connectivity index (χ2n) is 5.45. The number of aromatic nitrogens is 1. The van der Waals surface area contributed by atoms with E-state index < -0.39 is 6.29 Å². The monoisotopic (exact) mass is 343 g/mol. The van der Waals surface area contributed by atoms with Gasteiger partial charge in [-0.2, -0.15) is 0 Å². The summed E-state index contributed by atoms with van der Waals surface area (Å²) in [4.78, 5) is 28.6. The standard InChI is InChI=1S/C18H17NO6/c1-23-15-3-2-8-19-18(15)13(21)6-5-12(20)11-4-7-14-16(9-11)25-17(22)10-24-14/h2-4,7-9,17,22H,5-6,10H2,1H3. The van der Waals surface area contributed by atoms with Crippen LogP contribution in [-0.2, 0) is 0 Å². The molecule has 0 bridgehead atoms. The molecule has 0 saturated carbocycles. The number of hydrogen-bond donors (Lipinski definition) is 1. The van der Waals surface area contributed by atoms with Gasteiger partial charge >= 0.3 is 0 Å². The second kappa shape index (κ2) is 7.31. The summed E-state index contributed by atoms with van der Waals surface area (Å²) < 4.78 is 15.6. The van der Waals surface area contributed by atoms with Crippen LogP contribution in [0.2, 0.25) is 0 Å². The largest absolute Gasteiger partial charge is 0.494 e. The number of rotatable bonds is 6. The molecule has 2 aromatic rings. The molecular formula is C18H17NO6. The maximum atomic E-state index is 12.3. The van der Waals surface area contributed by atoms with Crippen molar-refractivity contribution in [3.8, 4) is 17.2 Å². The molecule has 1 aliphatic rings. The van der Waals surface area contributed by atoms with E-state index in [0.29, 0.717) is 22.8 Å². The summed E-state index contributed by atoms with van der Waals surface area (Å²) in [5.74, 6) is 0.681. The van der Waals surface area contributed by atoms with Gasteiger partial charge in [0.15, 0.2) is 29.7 Å². The molecule has 0 radical (unpaired) electrons. The van der Waals surface area contributed by atoms with Crippen molar-refractivity contribution in [3.05, 3.63) is 47.8 Å². The number of nitrogens with zero attached hydrogens (tertiary/aromatic N) is 1. The highest BCUT2D eigenvalue weighted by atomic mass is 16.7. The summed E-state index contributed by atoms with van der Waals surface area (Å²) in [6.07, 6.45) is 0.490. The Balaban J connectivity index is 1.67. The Labute approximate surface area is 144 Å². The van der Waals surface area contributed by atoms with Gasteiger partial charge in [0, 0.05) is 24.6 Å². The van der Waals surface area contributed by atoms with Crippen LogP contribution in [-0.4, -0.2) is 41.7 Å². The van der Waals surface area contributed by atoms with Gasteiger partial charge in [0.25, 0.3) is 0 Å². The smallest absolute Gasteiger partial charge is 0.232 e. The Kier molecular flexibility index (Phi) is 4.95. The lowest BCUT2D eigenvalue weighted by atomic mass is 10.0. The van der Waals surface area contributed by atoms with Gasteiger partial charge in [-0.15, -0.1) is 0 Å². The highest BCUT2D eigenvalue weighted by Crippen LogP contribution is 2.32. The van der Waals surface area contributed by atoms with Crippen LogP contribution in [0.1, 0.15) is 33.7 Å². The average molecular weight is 343 g/mol. The van der Waals surface area contributed by atoms with Crippen LogP contribution < -0.4 is 14.2 Å². The first-order chi connectivity index (χ1) is 12.1. The van der Waals surface area contributed by atoms with Crippen molar-refractivity contribution in [3.63, 3.8) is 0 Å². The lowest BCUT2D eigenvalue weighted by Crippen LogP contribution is -2.28. The molecule has 130 valence electrons. The zero-order valence-corrected chi connectivity index (χ0v) is 13.6. The third-order valence-corrected chi connectivity index (χ3v) is 3.74. The molecule has 0 amide bonds. The summed E-state index contributed by atoms with van der Waals surface area (Å²) in [6, 6.07) is 8.04. The molecule has 0 aliphatic carbocycles. The fourth-order valence-electron chi connectivity index (χ4n) is 2.49. The van der Waals surface area contributed by atoms with E-state index in [1.165, 1.54) is 19.4 Å². The van der Waals surface area contributed by atoms with Crippen molar-refractivity contribution < 1.29 is 28.9 Å². The van der Waals surface area contributed by atoms with Gasteiger partial charge in [0.05, 0.1) is 7.11 Å². The number of aliphatic hydroxyl groups excluding tert-OH is 1. The van der Waals surface area contributed by atoms with Gasteiger partial charge in [-0.1, -0.05) is 0 Å². The van der Waals surface area contributed by atoms with Crippen molar-refractivity contribution in [2.24, 2.45) is 0 Å². The Bertz CT molecular complexity index is 804. The summed E-state index contributed by atoms with van der Waals surface area (Å²) in [5, 5.41) is 9.44. The molecule has 7 heteroatoms. The molecule has 25 heavy (non-hydrogen) atoms. The van der Waals surface area contributed by atoms with E-state index in [4.69, 9.17) is 14.2 Å². The van der Waals surface area contributed by atoms with E-state index >= 15 is 0 Å². The number of Topliss-reactive ketones (excluding diaryl/α,β-unsaturated/α-hetero) is 2. The maximum absolute atomic E-state index is 12.3. The van der Waals surface area contributed by atoms with Crippen molar-refractivity contribution in [2.75, 3.05) is 13.7 Å². The van der Waals surface area contributed by atoms with E-state index in [2.05, 4.69) is 4.98 Å². The molecule has 7 nitrogen and oxygen atoms in total. The van der Waals surface area contributed by atoms with Gasteiger partial charge < -0.3 is 19.3 Å². The summed E-state index contributed by atoms with van der Waals surface area (Å²) in [7, 11) is 1.46. The second-order valence-corrected chi connectivity index (χ2v) is 5.45. The molecule has 1 aliphatic heterocycles. The minimum atomic E-state index is -1.06. The maximum Gasteiger partial charge on any atom is 0.232 e. The Morgan fingerprint density at radius 3 is 2.84 bits per heavy atom. The molecule has 1 aromatic heterocycles. The number of benzene rings is 1. The first kappa shape index (κ1) is 16.9. The van der Waals surface area contributed by atoms with Gasteiger partial charge in [-0.25, -0.2) is 4.98 Å². The predicted octanol–water partition coefficient (Wildman–Crippen LogP) is 2.03. The van der Waals surface area contributed by atoms with Crippen molar-refractivity contribution in [1.82, 2.24) is 4.98 Å². The number of hydrogen-bond acceptors (Lipinski definition) is 7. The normalized spacial score (nSPS) is 15.5. The molecule has 1 unspecified atom stereocenters. The average Bonchev–Trinajstić information content (AvgIpc) is 2.65. The van der Waals surface area contributed by atoms with Crippen LogP contribution in [0.3, 0.4) is 0 Å².